The Kier molecular flexibility index (Phi) is 5.47. The highest BCUT2D eigenvalue weighted by molar-refractivity contribution is 7.90. The van der Waals surface area contributed by atoms with Gasteiger partial charge in [0.2, 0.25) is 5.91 Å². The lowest BCUT2D eigenvalue weighted by Gasteiger charge is -2.11. The predicted octanol–water partition coefficient (Wildman–Crippen LogP) is 2.46. The van der Waals surface area contributed by atoms with Crippen LogP contribution in [0.1, 0.15) is 6.92 Å². The van der Waals surface area contributed by atoms with Gasteiger partial charge < -0.3 is 10.6 Å². The molecule has 3 N–H and O–H groups in total. The van der Waals surface area contributed by atoms with E-state index in [1.807, 2.05) is 4.72 Å². The highest BCUT2D eigenvalue weighted by Crippen LogP contribution is 2.15. The Morgan fingerprint density at radius 3 is 1.88 bits per heavy atom. The van der Waals surface area contributed by atoms with E-state index >= 15 is 0 Å². The van der Waals surface area contributed by atoms with E-state index in [4.69, 9.17) is 12.2 Å². The minimum absolute atomic E-state index is 0.0411. The lowest BCUT2D eigenvalue weighted by atomic mass is 10.3. The fourth-order valence-electron chi connectivity index (χ4n) is 1.79. The summed E-state index contributed by atoms with van der Waals surface area (Å²) in [6.45, 7) is 1.12. The third kappa shape index (κ3) is 5.00. The highest BCUT2D eigenvalue weighted by atomic mass is 32.2. The number of amides is 1. The summed E-state index contributed by atoms with van der Waals surface area (Å²) < 4.78 is 38.4. The van der Waals surface area contributed by atoms with Crippen LogP contribution in [0.4, 0.5) is 15.8 Å². The molecule has 0 aromatic heterocycles. The van der Waals surface area contributed by atoms with Crippen molar-refractivity contribution in [2.45, 2.75) is 11.8 Å². The Labute approximate surface area is 144 Å². The molecule has 0 unspecified atom stereocenters. The van der Waals surface area contributed by atoms with Gasteiger partial charge in [-0.2, -0.15) is 0 Å². The molecule has 6 nitrogen and oxygen atoms in total. The third-order valence-corrected chi connectivity index (χ3v) is 4.46. The van der Waals surface area contributed by atoms with E-state index < -0.39 is 15.9 Å². The van der Waals surface area contributed by atoms with E-state index in [0.29, 0.717) is 11.4 Å². The molecule has 0 aliphatic rings. The Morgan fingerprint density at radius 1 is 0.958 bits per heavy atom. The molecule has 0 radical (unpaired) electrons. The van der Waals surface area contributed by atoms with Crippen molar-refractivity contribution in [2.24, 2.45) is 0 Å². The lowest BCUT2D eigenvalue weighted by molar-refractivity contribution is -0.117. The van der Waals surface area contributed by atoms with Crippen molar-refractivity contribution in [3.63, 3.8) is 0 Å². The summed E-state index contributed by atoms with van der Waals surface area (Å²) in [6.07, 6.45) is 0. The molecular weight excluding hydrogens is 353 g/mol. The van der Waals surface area contributed by atoms with Crippen molar-refractivity contribution in [2.75, 3.05) is 10.6 Å². The number of thiocarbonyl (C=S) groups is 1. The molecule has 0 aliphatic carbocycles. The molecule has 0 spiro atoms. The smallest absolute Gasteiger partial charge is 0.264 e. The second-order valence-electron chi connectivity index (χ2n) is 4.77. The summed E-state index contributed by atoms with van der Waals surface area (Å²) in [6, 6.07) is 11.4. The van der Waals surface area contributed by atoms with Crippen LogP contribution in [0.2, 0.25) is 0 Å². The first-order chi connectivity index (χ1) is 11.3. The first kappa shape index (κ1) is 17.8. The predicted molar refractivity (Wildman–Crippen MR) is 93.7 cm³/mol. The van der Waals surface area contributed by atoms with Crippen LogP contribution in [-0.2, 0) is 14.8 Å². The quantitative estimate of drug-likeness (QED) is 0.720. The van der Waals surface area contributed by atoms with Gasteiger partial charge in [-0.1, -0.05) is 0 Å². The number of hydrogen-bond donors (Lipinski definition) is 3. The SMILES string of the molecule is CC(=O)NS(=O)(=O)c1ccc(NC(=S)Nc2ccc(F)cc2)cc1. The minimum atomic E-state index is -3.87. The van der Waals surface area contributed by atoms with E-state index in [0.717, 1.165) is 6.92 Å². The number of anilines is 2. The number of carbonyl (C=O) groups is 1. The molecule has 126 valence electrons. The summed E-state index contributed by atoms with van der Waals surface area (Å²) in [5, 5.41) is 6.00. The van der Waals surface area contributed by atoms with Crippen LogP contribution < -0.4 is 15.4 Å². The molecule has 0 bridgehead atoms. The van der Waals surface area contributed by atoms with E-state index in [2.05, 4.69) is 10.6 Å². The topological polar surface area (TPSA) is 87.3 Å². The maximum absolute atomic E-state index is 12.8. The maximum Gasteiger partial charge on any atom is 0.264 e. The molecule has 9 heteroatoms. The van der Waals surface area contributed by atoms with Crippen LogP contribution >= 0.6 is 12.2 Å². The van der Waals surface area contributed by atoms with Gasteiger partial charge in [0, 0.05) is 18.3 Å². The standard InChI is InChI=1S/C15H14FN3O3S2/c1-10(20)19-24(21,22)14-8-6-13(7-9-14)18-15(23)17-12-4-2-11(16)3-5-12/h2-9H,1H3,(H,19,20)(H2,17,18,23). The van der Waals surface area contributed by atoms with Crippen molar-refractivity contribution < 1.29 is 17.6 Å². The van der Waals surface area contributed by atoms with Gasteiger partial charge in [-0.05, 0) is 60.7 Å². The lowest BCUT2D eigenvalue weighted by Crippen LogP contribution is -2.28. The van der Waals surface area contributed by atoms with Gasteiger partial charge in [-0.3, -0.25) is 4.79 Å². The van der Waals surface area contributed by atoms with Crippen molar-refractivity contribution in [3.05, 3.63) is 54.3 Å². The number of sulfonamides is 1. The third-order valence-electron chi connectivity index (χ3n) is 2.80. The van der Waals surface area contributed by atoms with Crippen LogP contribution in [0.3, 0.4) is 0 Å². The zero-order valence-electron chi connectivity index (χ0n) is 12.5. The monoisotopic (exact) mass is 367 g/mol. The van der Waals surface area contributed by atoms with Gasteiger partial charge >= 0.3 is 0 Å². The normalized spacial score (nSPS) is 10.8. The largest absolute Gasteiger partial charge is 0.332 e. The van der Waals surface area contributed by atoms with Gasteiger partial charge in [0.25, 0.3) is 10.0 Å². The number of benzene rings is 2. The average molecular weight is 367 g/mol. The molecule has 1 amide bonds. The average Bonchev–Trinajstić information content (AvgIpc) is 2.49. The molecule has 0 aliphatic heterocycles. The van der Waals surface area contributed by atoms with E-state index in [1.54, 1.807) is 0 Å². The Balaban J connectivity index is 2.02. The molecule has 0 saturated carbocycles. The highest BCUT2D eigenvalue weighted by Gasteiger charge is 2.15. The van der Waals surface area contributed by atoms with Crippen molar-refractivity contribution >= 4 is 44.6 Å². The van der Waals surface area contributed by atoms with E-state index in [9.17, 15) is 17.6 Å². The van der Waals surface area contributed by atoms with Gasteiger partial charge in [0.1, 0.15) is 5.82 Å². The molecule has 2 aromatic rings. The van der Waals surface area contributed by atoms with Crippen LogP contribution in [0.15, 0.2) is 53.4 Å². The second-order valence-corrected chi connectivity index (χ2v) is 6.86. The maximum atomic E-state index is 12.8. The summed E-state index contributed by atoms with van der Waals surface area (Å²) in [4.78, 5) is 10.8. The zero-order valence-corrected chi connectivity index (χ0v) is 14.2. The molecule has 2 rings (SSSR count). The van der Waals surface area contributed by atoms with Gasteiger partial charge in [0.05, 0.1) is 4.90 Å². The molecule has 0 fully saturated rings. The molecule has 0 heterocycles. The summed E-state index contributed by atoms with van der Waals surface area (Å²) in [5.74, 6) is -1.02. The molecular formula is C15H14FN3O3S2. The molecule has 24 heavy (non-hydrogen) atoms. The van der Waals surface area contributed by atoms with Gasteiger partial charge in [0.15, 0.2) is 5.11 Å². The summed E-state index contributed by atoms with van der Waals surface area (Å²) >= 11 is 5.12. The number of carbonyl (C=O) groups excluding carboxylic acids is 1. The van der Waals surface area contributed by atoms with Crippen molar-refractivity contribution in [3.8, 4) is 0 Å². The number of halogens is 1. The van der Waals surface area contributed by atoms with Crippen LogP contribution in [0, 0.1) is 5.82 Å². The fourth-order valence-corrected chi connectivity index (χ4v) is 3.02. The van der Waals surface area contributed by atoms with Crippen LogP contribution in [0.25, 0.3) is 0 Å². The summed E-state index contributed by atoms with van der Waals surface area (Å²) in [5.41, 5.74) is 1.16. The Morgan fingerprint density at radius 2 is 1.42 bits per heavy atom. The molecule has 0 saturated heterocycles. The molecule has 0 atom stereocenters. The minimum Gasteiger partial charge on any atom is -0.332 e. The van der Waals surface area contributed by atoms with E-state index in [1.165, 1.54) is 48.5 Å². The first-order valence-electron chi connectivity index (χ1n) is 6.73. The van der Waals surface area contributed by atoms with Crippen LogP contribution in [0.5, 0.6) is 0 Å². The number of nitrogens with one attached hydrogen (secondary N) is 3. The number of rotatable bonds is 4. The first-order valence-corrected chi connectivity index (χ1v) is 8.62. The van der Waals surface area contributed by atoms with Gasteiger partial charge in [-0.25, -0.2) is 17.5 Å². The number of hydrogen-bond acceptors (Lipinski definition) is 4. The van der Waals surface area contributed by atoms with Gasteiger partial charge in [-0.15, -0.1) is 0 Å². The second kappa shape index (κ2) is 7.37. The van der Waals surface area contributed by atoms with E-state index in [-0.39, 0.29) is 15.8 Å². The Bertz CT molecular complexity index is 851. The Hall–Kier alpha value is -2.52. The van der Waals surface area contributed by atoms with Crippen molar-refractivity contribution in [1.82, 2.24) is 4.72 Å². The molecule has 2 aromatic carbocycles. The van der Waals surface area contributed by atoms with Crippen LogP contribution in [-0.4, -0.2) is 19.4 Å². The zero-order chi connectivity index (χ0) is 17.7. The fraction of sp³-hybridized carbons (Fsp3) is 0.0667. The van der Waals surface area contributed by atoms with Crippen molar-refractivity contribution in [1.29, 1.82) is 0 Å². The summed E-state index contributed by atoms with van der Waals surface area (Å²) in [7, 11) is -3.87.